The van der Waals surface area contributed by atoms with Gasteiger partial charge in [0.05, 0.1) is 7.11 Å². The van der Waals surface area contributed by atoms with E-state index in [1.165, 1.54) is 30.2 Å². The van der Waals surface area contributed by atoms with Crippen LogP contribution in [0.1, 0.15) is 38.5 Å². The summed E-state index contributed by atoms with van der Waals surface area (Å²) in [4.78, 5) is 0. The number of hydrogen-bond donors (Lipinski definition) is 0. The molecule has 0 N–H and O–H groups in total. The van der Waals surface area contributed by atoms with Gasteiger partial charge < -0.3 is 4.74 Å². The van der Waals surface area contributed by atoms with Crippen LogP contribution in [0.25, 0.3) is 0 Å². The molecular weight excluding hydrogens is 204 g/mol. The predicted molar refractivity (Wildman–Crippen MR) is 50.7 cm³/mol. The number of methoxy groups -OCH3 is 1. The number of allylic oxidation sites excluding steroid dienone is 2. The molecule has 0 atom stereocenters. The third-order valence-corrected chi connectivity index (χ3v) is 2.94. The SMILES string of the molecule is CO/C1=C(\Br)CCCCCC1. The number of rotatable bonds is 1. The molecule has 0 fully saturated rings. The van der Waals surface area contributed by atoms with Crippen LogP contribution >= 0.6 is 15.9 Å². The molecule has 0 unspecified atom stereocenters. The van der Waals surface area contributed by atoms with Gasteiger partial charge in [-0.3, -0.25) is 0 Å². The molecule has 1 aliphatic carbocycles. The van der Waals surface area contributed by atoms with E-state index in [1.54, 1.807) is 7.11 Å². The smallest absolute Gasteiger partial charge is 0.106 e. The molecule has 0 aromatic heterocycles. The Hall–Kier alpha value is 0.0200. The lowest BCUT2D eigenvalue weighted by atomic mass is 10.1. The first-order chi connectivity index (χ1) is 5.34. The molecule has 0 heterocycles. The summed E-state index contributed by atoms with van der Waals surface area (Å²) < 4.78 is 6.55. The van der Waals surface area contributed by atoms with Crippen molar-refractivity contribution < 1.29 is 4.74 Å². The minimum absolute atomic E-state index is 1.11. The highest BCUT2D eigenvalue weighted by Gasteiger charge is 2.07. The largest absolute Gasteiger partial charge is 0.500 e. The van der Waals surface area contributed by atoms with Crippen LogP contribution in [0, 0.1) is 0 Å². The summed E-state index contributed by atoms with van der Waals surface area (Å²) in [5.74, 6) is 1.16. The average molecular weight is 219 g/mol. The molecule has 11 heavy (non-hydrogen) atoms. The van der Waals surface area contributed by atoms with E-state index in [4.69, 9.17) is 4.74 Å². The van der Waals surface area contributed by atoms with Crippen LogP contribution in [0.4, 0.5) is 0 Å². The van der Waals surface area contributed by atoms with Gasteiger partial charge >= 0.3 is 0 Å². The lowest BCUT2D eigenvalue weighted by Gasteiger charge is -2.12. The Balaban J connectivity index is 2.56. The molecule has 0 aromatic rings. The predicted octanol–water partition coefficient (Wildman–Crippen LogP) is 3.59. The Kier molecular flexibility index (Phi) is 3.98. The van der Waals surface area contributed by atoms with Gasteiger partial charge in [-0.15, -0.1) is 0 Å². The van der Waals surface area contributed by atoms with E-state index in [1.807, 2.05) is 0 Å². The van der Waals surface area contributed by atoms with Gasteiger partial charge in [-0.25, -0.2) is 0 Å². The molecule has 64 valence electrons. The molecule has 1 aliphatic rings. The monoisotopic (exact) mass is 218 g/mol. The van der Waals surface area contributed by atoms with Crippen LogP contribution in [0.15, 0.2) is 10.2 Å². The molecule has 1 rings (SSSR count). The van der Waals surface area contributed by atoms with Crippen molar-refractivity contribution in [1.82, 2.24) is 0 Å². The van der Waals surface area contributed by atoms with Gasteiger partial charge in [0.2, 0.25) is 0 Å². The molecule has 0 bridgehead atoms. The van der Waals surface area contributed by atoms with Gasteiger partial charge in [0.15, 0.2) is 0 Å². The van der Waals surface area contributed by atoms with Crippen LogP contribution in [0.5, 0.6) is 0 Å². The maximum absolute atomic E-state index is 5.27. The van der Waals surface area contributed by atoms with E-state index in [0.29, 0.717) is 0 Å². The molecule has 0 aliphatic heterocycles. The lowest BCUT2D eigenvalue weighted by molar-refractivity contribution is 0.268. The molecule has 0 saturated carbocycles. The molecule has 0 amide bonds. The van der Waals surface area contributed by atoms with Crippen LogP contribution in [-0.2, 0) is 4.74 Å². The van der Waals surface area contributed by atoms with Crippen LogP contribution < -0.4 is 0 Å². The Labute approximate surface area is 76.9 Å². The first-order valence-electron chi connectivity index (χ1n) is 4.26. The fourth-order valence-corrected chi connectivity index (χ4v) is 2.05. The third-order valence-electron chi connectivity index (χ3n) is 2.10. The quantitative estimate of drug-likeness (QED) is 0.654. The van der Waals surface area contributed by atoms with Crippen molar-refractivity contribution >= 4 is 15.9 Å². The second-order valence-corrected chi connectivity index (χ2v) is 3.90. The molecule has 0 radical (unpaired) electrons. The normalized spacial score (nSPS) is 27.5. The van der Waals surface area contributed by atoms with E-state index in [0.717, 1.165) is 18.6 Å². The van der Waals surface area contributed by atoms with Gasteiger partial charge in [-0.1, -0.05) is 28.8 Å². The Morgan fingerprint density at radius 3 is 2.36 bits per heavy atom. The van der Waals surface area contributed by atoms with E-state index >= 15 is 0 Å². The standard InChI is InChI=1S/C9H15BrO/c1-11-9-7-5-3-2-4-6-8(9)10/h2-7H2,1H3/b9-8-. The van der Waals surface area contributed by atoms with Crippen molar-refractivity contribution in [1.29, 1.82) is 0 Å². The maximum Gasteiger partial charge on any atom is 0.106 e. The van der Waals surface area contributed by atoms with E-state index in [2.05, 4.69) is 15.9 Å². The third kappa shape index (κ3) is 2.86. The van der Waals surface area contributed by atoms with Crippen LogP contribution in [0.3, 0.4) is 0 Å². The van der Waals surface area contributed by atoms with E-state index in [9.17, 15) is 0 Å². The first-order valence-corrected chi connectivity index (χ1v) is 5.05. The molecular formula is C9H15BrO. The molecule has 0 spiro atoms. The molecule has 0 saturated heterocycles. The average Bonchev–Trinajstić information content (AvgIpc) is 1.98. The van der Waals surface area contributed by atoms with Crippen molar-refractivity contribution in [2.24, 2.45) is 0 Å². The lowest BCUT2D eigenvalue weighted by Crippen LogP contribution is -1.95. The molecule has 0 aromatic carbocycles. The van der Waals surface area contributed by atoms with Crippen molar-refractivity contribution in [3.63, 3.8) is 0 Å². The van der Waals surface area contributed by atoms with Crippen molar-refractivity contribution in [2.75, 3.05) is 7.11 Å². The highest BCUT2D eigenvalue weighted by atomic mass is 79.9. The topological polar surface area (TPSA) is 9.23 Å². The van der Waals surface area contributed by atoms with Gasteiger partial charge in [-0.05, 0) is 19.3 Å². The van der Waals surface area contributed by atoms with E-state index in [-0.39, 0.29) is 0 Å². The summed E-state index contributed by atoms with van der Waals surface area (Å²) in [6.07, 6.45) is 7.56. The zero-order chi connectivity index (χ0) is 8.10. The summed E-state index contributed by atoms with van der Waals surface area (Å²) in [7, 11) is 1.76. The molecule has 2 heteroatoms. The number of halogens is 1. The van der Waals surface area contributed by atoms with Crippen molar-refractivity contribution in [3.8, 4) is 0 Å². The Bertz CT molecular complexity index is 152. The summed E-state index contributed by atoms with van der Waals surface area (Å²) in [5.41, 5.74) is 0. The van der Waals surface area contributed by atoms with Crippen LogP contribution in [-0.4, -0.2) is 7.11 Å². The fraction of sp³-hybridized carbons (Fsp3) is 0.778. The molecule has 1 nitrogen and oxygen atoms in total. The minimum atomic E-state index is 1.11. The highest BCUT2D eigenvalue weighted by Crippen LogP contribution is 2.26. The van der Waals surface area contributed by atoms with E-state index < -0.39 is 0 Å². The van der Waals surface area contributed by atoms with Gasteiger partial charge in [0.1, 0.15) is 5.76 Å². The fourth-order valence-electron chi connectivity index (χ4n) is 1.41. The van der Waals surface area contributed by atoms with Gasteiger partial charge in [0.25, 0.3) is 0 Å². The Morgan fingerprint density at radius 2 is 1.73 bits per heavy atom. The maximum atomic E-state index is 5.27. The van der Waals surface area contributed by atoms with Crippen molar-refractivity contribution in [2.45, 2.75) is 38.5 Å². The van der Waals surface area contributed by atoms with Gasteiger partial charge in [0, 0.05) is 10.9 Å². The second kappa shape index (κ2) is 4.81. The summed E-state index contributed by atoms with van der Waals surface area (Å²) >= 11 is 3.55. The minimum Gasteiger partial charge on any atom is -0.500 e. The summed E-state index contributed by atoms with van der Waals surface area (Å²) in [5, 5.41) is 0. The summed E-state index contributed by atoms with van der Waals surface area (Å²) in [6.45, 7) is 0. The highest BCUT2D eigenvalue weighted by molar-refractivity contribution is 9.11. The first kappa shape index (κ1) is 9.11. The number of hydrogen-bond acceptors (Lipinski definition) is 1. The summed E-state index contributed by atoms with van der Waals surface area (Å²) in [6, 6.07) is 0. The Morgan fingerprint density at radius 1 is 1.09 bits per heavy atom. The number of ether oxygens (including phenoxy) is 1. The van der Waals surface area contributed by atoms with Crippen molar-refractivity contribution in [3.05, 3.63) is 10.2 Å². The zero-order valence-corrected chi connectivity index (χ0v) is 8.61. The zero-order valence-electron chi connectivity index (χ0n) is 7.03. The van der Waals surface area contributed by atoms with Gasteiger partial charge in [-0.2, -0.15) is 0 Å². The second-order valence-electron chi connectivity index (χ2n) is 2.95. The van der Waals surface area contributed by atoms with Crippen LogP contribution in [0.2, 0.25) is 0 Å².